The van der Waals surface area contributed by atoms with Gasteiger partial charge in [0.15, 0.2) is 0 Å². The molecule has 0 aliphatic carbocycles. The second-order valence-electron chi connectivity index (χ2n) is 8.09. The van der Waals surface area contributed by atoms with Gasteiger partial charge in [0, 0.05) is 40.6 Å². The SMILES string of the molecule is CSc1ccc(C2(O)C[C@H]3CC[C@@H](C2)N3Cc2c[nH]c3ccccc23)cc1. The fraction of sp³-hybridized carbons (Fsp3) is 0.391. The van der Waals surface area contributed by atoms with Crippen LogP contribution >= 0.6 is 11.8 Å². The van der Waals surface area contributed by atoms with E-state index in [1.807, 2.05) is 0 Å². The van der Waals surface area contributed by atoms with Gasteiger partial charge < -0.3 is 10.1 Å². The predicted molar refractivity (Wildman–Crippen MR) is 112 cm³/mol. The van der Waals surface area contributed by atoms with E-state index in [1.165, 1.54) is 34.2 Å². The van der Waals surface area contributed by atoms with Crippen molar-refractivity contribution in [2.75, 3.05) is 6.26 Å². The molecule has 1 unspecified atom stereocenters. The number of fused-ring (bicyclic) bond motifs is 3. The van der Waals surface area contributed by atoms with Gasteiger partial charge in [-0.25, -0.2) is 0 Å². The first kappa shape index (κ1) is 17.4. The van der Waals surface area contributed by atoms with Crippen molar-refractivity contribution >= 4 is 22.7 Å². The third-order valence-electron chi connectivity index (χ3n) is 6.57. The Morgan fingerprint density at radius 3 is 2.48 bits per heavy atom. The Balaban J connectivity index is 1.38. The number of nitrogens with zero attached hydrogens (tertiary/aromatic N) is 1. The molecule has 3 aromatic rings. The van der Waals surface area contributed by atoms with E-state index in [0.29, 0.717) is 12.1 Å². The molecule has 4 heteroatoms. The highest BCUT2D eigenvalue weighted by atomic mass is 32.2. The highest BCUT2D eigenvalue weighted by molar-refractivity contribution is 7.98. The molecular formula is C23H26N2OS. The highest BCUT2D eigenvalue weighted by Crippen LogP contribution is 2.46. The summed E-state index contributed by atoms with van der Waals surface area (Å²) in [6, 6.07) is 18.0. The van der Waals surface area contributed by atoms with Crippen LogP contribution in [0.5, 0.6) is 0 Å². The average Bonchev–Trinajstić information content (AvgIpc) is 3.21. The van der Waals surface area contributed by atoms with E-state index < -0.39 is 5.60 Å². The quantitative estimate of drug-likeness (QED) is 0.634. The fourth-order valence-electron chi connectivity index (χ4n) is 5.17. The number of aromatic nitrogens is 1. The number of hydrogen-bond donors (Lipinski definition) is 2. The summed E-state index contributed by atoms with van der Waals surface area (Å²) < 4.78 is 0. The van der Waals surface area contributed by atoms with Crippen LogP contribution in [0.3, 0.4) is 0 Å². The van der Waals surface area contributed by atoms with Crippen LogP contribution in [-0.2, 0) is 12.1 Å². The lowest BCUT2D eigenvalue weighted by molar-refractivity contribution is -0.0594. The molecule has 2 saturated heterocycles. The fourth-order valence-corrected chi connectivity index (χ4v) is 5.58. The van der Waals surface area contributed by atoms with Crippen molar-refractivity contribution in [1.29, 1.82) is 0 Å². The third kappa shape index (κ3) is 3.00. The van der Waals surface area contributed by atoms with Gasteiger partial charge in [-0.05, 0) is 61.3 Å². The molecule has 3 atom stereocenters. The summed E-state index contributed by atoms with van der Waals surface area (Å²) in [6.07, 6.45) is 8.31. The molecule has 2 fully saturated rings. The Hall–Kier alpha value is -1.75. The second-order valence-corrected chi connectivity index (χ2v) is 8.96. The third-order valence-corrected chi connectivity index (χ3v) is 7.32. The molecule has 2 N–H and O–H groups in total. The maximum atomic E-state index is 11.5. The lowest BCUT2D eigenvalue weighted by atomic mass is 9.80. The van der Waals surface area contributed by atoms with Crippen molar-refractivity contribution in [2.45, 2.75) is 54.8 Å². The molecule has 3 nitrogen and oxygen atoms in total. The molecule has 140 valence electrons. The number of thioether (sulfide) groups is 1. The van der Waals surface area contributed by atoms with Gasteiger partial charge in [-0.2, -0.15) is 0 Å². The number of aliphatic hydroxyl groups is 1. The zero-order valence-corrected chi connectivity index (χ0v) is 16.5. The van der Waals surface area contributed by atoms with Gasteiger partial charge in [-0.3, -0.25) is 4.90 Å². The largest absolute Gasteiger partial charge is 0.385 e. The van der Waals surface area contributed by atoms with Crippen LogP contribution in [-0.4, -0.2) is 33.3 Å². The van der Waals surface area contributed by atoms with Crippen LogP contribution in [0, 0.1) is 0 Å². The minimum absolute atomic E-state index is 0.461. The number of nitrogens with one attached hydrogen (secondary N) is 1. The molecular weight excluding hydrogens is 352 g/mol. The van der Waals surface area contributed by atoms with Gasteiger partial charge in [-0.1, -0.05) is 30.3 Å². The summed E-state index contributed by atoms with van der Waals surface area (Å²) in [6.45, 7) is 0.973. The van der Waals surface area contributed by atoms with Gasteiger partial charge in [-0.15, -0.1) is 11.8 Å². The second kappa shape index (κ2) is 6.69. The number of H-pyrrole nitrogens is 1. The summed E-state index contributed by atoms with van der Waals surface area (Å²) >= 11 is 1.75. The molecule has 3 heterocycles. The molecule has 1 aromatic heterocycles. The molecule has 0 radical (unpaired) electrons. The zero-order chi connectivity index (χ0) is 18.4. The Bertz CT molecular complexity index is 934. The molecule has 0 spiro atoms. The number of benzene rings is 2. The number of para-hydroxylation sites is 1. The summed E-state index contributed by atoms with van der Waals surface area (Å²) in [4.78, 5) is 7.29. The Morgan fingerprint density at radius 2 is 1.78 bits per heavy atom. The van der Waals surface area contributed by atoms with E-state index in [9.17, 15) is 5.11 Å². The van der Waals surface area contributed by atoms with Crippen LogP contribution in [0.1, 0.15) is 36.8 Å². The molecule has 2 aliphatic heterocycles. The molecule has 2 bridgehead atoms. The van der Waals surface area contributed by atoms with Gasteiger partial charge in [0.25, 0.3) is 0 Å². The summed E-state index contributed by atoms with van der Waals surface area (Å²) in [5, 5.41) is 12.8. The first-order valence-electron chi connectivity index (χ1n) is 9.84. The lowest BCUT2D eigenvalue weighted by Gasteiger charge is -2.44. The first-order valence-corrected chi connectivity index (χ1v) is 11.1. The van der Waals surface area contributed by atoms with Crippen molar-refractivity contribution < 1.29 is 5.11 Å². The van der Waals surface area contributed by atoms with Gasteiger partial charge in [0.05, 0.1) is 5.60 Å². The van der Waals surface area contributed by atoms with Gasteiger partial charge >= 0.3 is 0 Å². The summed E-state index contributed by atoms with van der Waals surface area (Å²) in [7, 11) is 0. The van der Waals surface area contributed by atoms with E-state index >= 15 is 0 Å². The Morgan fingerprint density at radius 1 is 1.07 bits per heavy atom. The van der Waals surface area contributed by atoms with Crippen molar-refractivity contribution in [2.24, 2.45) is 0 Å². The van der Waals surface area contributed by atoms with Crippen LogP contribution < -0.4 is 0 Å². The van der Waals surface area contributed by atoms with E-state index in [0.717, 1.165) is 24.9 Å². The minimum Gasteiger partial charge on any atom is -0.385 e. The Kier molecular flexibility index (Phi) is 4.30. The highest BCUT2D eigenvalue weighted by Gasteiger charge is 2.48. The molecule has 27 heavy (non-hydrogen) atoms. The number of rotatable bonds is 4. The first-order chi connectivity index (χ1) is 13.2. The van der Waals surface area contributed by atoms with Crippen molar-refractivity contribution in [3.63, 3.8) is 0 Å². The van der Waals surface area contributed by atoms with Crippen LogP contribution in [0.4, 0.5) is 0 Å². The maximum Gasteiger partial charge on any atom is 0.0926 e. The number of hydrogen-bond acceptors (Lipinski definition) is 3. The number of aromatic amines is 1. The van der Waals surface area contributed by atoms with Gasteiger partial charge in [0.1, 0.15) is 0 Å². The normalized spacial score (nSPS) is 28.1. The van der Waals surface area contributed by atoms with E-state index in [1.54, 1.807) is 11.8 Å². The lowest BCUT2D eigenvalue weighted by Crippen LogP contribution is -2.49. The minimum atomic E-state index is -0.681. The molecule has 0 saturated carbocycles. The predicted octanol–water partition coefficient (Wildman–Crippen LogP) is 4.90. The smallest absolute Gasteiger partial charge is 0.0926 e. The number of piperidine rings is 1. The van der Waals surface area contributed by atoms with Gasteiger partial charge in [0.2, 0.25) is 0 Å². The van der Waals surface area contributed by atoms with Crippen LogP contribution in [0.2, 0.25) is 0 Å². The van der Waals surface area contributed by atoms with Crippen molar-refractivity contribution in [1.82, 2.24) is 9.88 Å². The van der Waals surface area contributed by atoms with E-state index in [2.05, 4.69) is 70.9 Å². The molecule has 2 aliphatic rings. The summed E-state index contributed by atoms with van der Waals surface area (Å²) in [5.74, 6) is 0. The van der Waals surface area contributed by atoms with E-state index in [4.69, 9.17) is 0 Å². The molecule has 2 aromatic carbocycles. The van der Waals surface area contributed by atoms with Crippen LogP contribution in [0.25, 0.3) is 10.9 Å². The monoisotopic (exact) mass is 378 g/mol. The summed E-state index contributed by atoms with van der Waals surface area (Å²) in [5.41, 5.74) is 2.99. The van der Waals surface area contributed by atoms with Crippen molar-refractivity contribution in [3.05, 3.63) is 65.9 Å². The Labute approximate surface area is 164 Å². The maximum absolute atomic E-state index is 11.5. The molecule has 5 rings (SSSR count). The van der Waals surface area contributed by atoms with E-state index in [-0.39, 0.29) is 0 Å². The van der Waals surface area contributed by atoms with Crippen molar-refractivity contribution in [3.8, 4) is 0 Å². The van der Waals surface area contributed by atoms with Crippen LogP contribution in [0.15, 0.2) is 59.6 Å². The topological polar surface area (TPSA) is 39.3 Å². The average molecular weight is 379 g/mol. The zero-order valence-electron chi connectivity index (χ0n) is 15.7. The molecule has 0 amide bonds. The standard InChI is InChI=1S/C23H26N2OS/c1-27-20-10-6-17(7-11-20)23(26)12-18-8-9-19(13-23)25(18)15-16-14-24-22-5-3-2-4-21(16)22/h2-7,10-11,14,18-19,24,26H,8-9,12-13,15H2,1H3/t18-,19+,23?.